The van der Waals surface area contributed by atoms with Crippen LogP contribution in [0.25, 0.3) is 11.1 Å². The largest absolute Gasteiger partial charge is 0.383 e. The Morgan fingerprint density at radius 1 is 0.950 bits per heavy atom. The zero-order valence-electron chi connectivity index (χ0n) is 11.5. The van der Waals surface area contributed by atoms with Crippen LogP contribution in [0.5, 0.6) is 0 Å². The van der Waals surface area contributed by atoms with Crippen LogP contribution >= 0.6 is 0 Å². The molecule has 4 rings (SSSR count). The van der Waals surface area contributed by atoms with Gasteiger partial charge in [0.25, 0.3) is 0 Å². The number of benzene rings is 2. The minimum absolute atomic E-state index is 0.407. The molecule has 2 heterocycles. The van der Waals surface area contributed by atoms with Crippen LogP contribution in [-0.4, -0.2) is 29.6 Å². The van der Waals surface area contributed by atoms with Crippen molar-refractivity contribution in [3.05, 3.63) is 60.2 Å². The maximum Gasteiger partial charge on any atom is 0.106 e. The second kappa shape index (κ2) is 4.44. The van der Waals surface area contributed by atoms with Crippen LogP contribution in [-0.2, 0) is 5.60 Å². The van der Waals surface area contributed by atoms with Crippen molar-refractivity contribution in [2.45, 2.75) is 12.0 Å². The zero-order chi connectivity index (χ0) is 13.6. The molecule has 2 aliphatic heterocycles. The molecule has 3 atom stereocenters. The van der Waals surface area contributed by atoms with Gasteiger partial charge in [0.1, 0.15) is 5.60 Å². The summed E-state index contributed by atoms with van der Waals surface area (Å²) in [6.45, 7) is 2.99. The predicted octanol–water partition coefficient (Wildman–Crippen LogP) is 2.88. The van der Waals surface area contributed by atoms with E-state index in [9.17, 15) is 5.11 Å². The van der Waals surface area contributed by atoms with E-state index in [2.05, 4.69) is 53.4 Å². The van der Waals surface area contributed by atoms with E-state index < -0.39 is 5.60 Å². The van der Waals surface area contributed by atoms with E-state index in [1.165, 1.54) is 11.1 Å². The number of aliphatic hydroxyl groups is 1. The van der Waals surface area contributed by atoms with Gasteiger partial charge >= 0.3 is 0 Å². The van der Waals surface area contributed by atoms with Crippen LogP contribution in [0.3, 0.4) is 0 Å². The average Bonchev–Trinajstić information content (AvgIpc) is 3.09. The Labute approximate surface area is 119 Å². The van der Waals surface area contributed by atoms with E-state index in [1.807, 2.05) is 6.07 Å². The van der Waals surface area contributed by atoms with Gasteiger partial charge in [-0.2, -0.15) is 0 Å². The lowest BCUT2D eigenvalue weighted by Gasteiger charge is -2.32. The van der Waals surface area contributed by atoms with Gasteiger partial charge in [0, 0.05) is 19.0 Å². The van der Waals surface area contributed by atoms with Gasteiger partial charge in [-0.15, -0.1) is 0 Å². The van der Waals surface area contributed by atoms with Crippen LogP contribution in [0, 0.1) is 5.92 Å². The Morgan fingerprint density at radius 3 is 2.25 bits per heavy atom. The highest BCUT2D eigenvalue weighted by molar-refractivity contribution is 5.63. The molecule has 102 valence electrons. The van der Waals surface area contributed by atoms with Crippen molar-refractivity contribution in [1.29, 1.82) is 0 Å². The number of hydrogen-bond acceptors (Lipinski definition) is 2. The van der Waals surface area contributed by atoms with Gasteiger partial charge in [0.05, 0.1) is 0 Å². The second-order valence-electron chi connectivity index (χ2n) is 6.09. The van der Waals surface area contributed by atoms with E-state index in [-0.39, 0.29) is 0 Å². The number of fused-ring (bicyclic) bond motifs is 2. The van der Waals surface area contributed by atoms with Gasteiger partial charge in [-0.25, -0.2) is 0 Å². The van der Waals surface area contributed by atoms with E-state index in [4.69, 9.17) is 0 Å². The molecular weight excluding hydrogens is 246 g/mol. The van der Waals surface area contributed by atoms with Crippen molar-refractivity contribution in [2.24, 2.45) is 5.92 Å². The smallest absolute Gasteiger partial charge is 0.106 e. The van der Waals surface area contributed by atoms with Crippen LogP contribution in [0.1, 0.15) is 12.0 Å². The molecule has 2 heteroatoms. The van der Waals surface area contributed by atoms with Crippen LogP contribution in [0.15, 0.2) is 54.6 Å². The standard InChI is InChI=1S/C18H19NO/c20-18(13-19-11-10-17(18)12-19)16-8-6-15(7-9-16)14-4-2-1-3-5-14/h1-9,17,20H,10-13H2. The van der Waals surface area contributed by atoms with Crippen LogP contribution in [0.2, 0.25) is 0 Å². The van der Waals surface area contributed by atoms with Crippen molar-refractivity contribution in [3.63, 3.8) is 0 Å². The predicted molar refractivity (Wildman–Crippen MR) is 80.3 cm³/mol. The number of hydrogen-bond donors (Lipinski definition) is 1. The molecule has 2 aromatic carbocycles. The Bertz CT molecular complexity index is 607. The molecule has 2 saturated heterocycles. The monoisotopic (exact) mass is 265 g/mol. The fourth-order valence-electron chi connectivity index (χ4n) is 3.74. The molecule has 2 aromatic rings. The summed E-state index contributed by atoms with van der Waals surface area (Å²) in [7, 11) is 0. The summed E-state index contributed by atoms with van der Waals surface area (Å²) < 4.78 is 0. The molecule has 0 saturated carbocycles. The van der Waals surface area contributed by atoms with Crippen molar-refractivity contribution >= 4 is 0 Å². The second-order valence-corrected chi connectivity index (χ2v) is 6.09. The summed E-state index contributed by atoms with van der Waals surface area (Å²) in [5, 5.41) is 11.0. The van der Waals surface area contributed by atoms with Gasteiger partial charge in [-0.3, -0.25) is 4.90 Å². The lowest BCUT2D eigenvalue weighted by atomic mass is 9.81. The molecule has 0 aliphatic carbocycles. The molecule has 0 radical (unpaired) electrons. The fraction of sp³-hybridized carbons (Fsp3) is 0.333. The third kappa shape index (κ3) is 1.80. The lowest BCUT2D eigenvalue weighted by Crippen LogP contribution is -2.39. The minimum atomic E-state index is -0.631. The molecule has 20 heavy (non-hydrogen) atoms. The molecule has 0 aromatic heterocycles. The zero-order valence-corrected chi connectivity index (χ0v) is 11.5. The molecule has 3 unspecified atom stereocenters. The highest BCUT2D eigenvalue weighted by Crippen LogP contribution is 2.43. The first-order chi connectivity index (χ1) is 9.75. The number of rotatable bonds is 2. The van der Waals surface area contributed by atoms with Crippen LogP contribution in [0.4, 0.5) is 0 Å². The van der Waals surface area contributed by atoms with Crippen molar-refractivity contribution < 1.29 is 5.11 Å². The first kappa shape index (κ1) is 12.1. The van der Waals surface area contributed by atoms with Gasteiger partial charge in [-0.05, 0) is 29.7 Å². The van der Waals surface area contributed by atoms with Gasteiger partial charge < -0.3 is 5.11 Å². The lowest BCUT2D eigenvalue weighted by molar-refractivity contribution is -0.00990. The summed E-state index contributed by atoms with van der Waals surface area (Å²) in [5.41, 5.74) is 2.88. The Kier molecular flexibility index (Phi) is 2.69. The minimum Gasteiger partial charge on any atom is -0.383 e. The Hall–Kier alpha value is -1.64. The maximum absolute atomic E-state index is 11.0. The Morgan fingerprint density at radius 2 is 1.65 bits per heavy atom. The van der Waals surface area contributed by atoms with Gasteiger partial charge in [0.15, 0.2) is 0 Å². The summed E-state index contributed by atoms with van der Waals surface area (Å²) in [4.78, 5) is 2.37. The fourth-order valence-corrected chi connectivity index (χ4v) is 3.74. The summed E-state index contributed by atoms with van der Waals surface area (Å²) in [6.07, 6.45) is 1.12. The summed E-state index contributed by atoms with van der Waals surface area (Å²) in [6, 6.07) is 18.8. The van der Waals surface area contributed by atoms with E-state index in [1.54, 1.807) is 0 Å². The van der Waals surface area contributed by atoms with E-state index >= 15 is 0 Å². The molecule has 2 nitrogen and oxygen atoms in total. The first-order valence-corrected chi connectivity index (χ1v) is 7.36. The normalized spacial score (nSPS) is 31.6. The molecule has 2 aliphatic rings. The third-order valence-electron chi connectivity index (χ3n) is 4.90. The molecule has 0 spiro atoms. The summed E-state index contributed by atoms with van der Waals surface area (Å²) in [5.74, 6) is 0.407. The highest BCUT2D eigenvalue weighted by Gasteiger charge is 2.49. The topological polar surface area (TPSA) is 23.5 Å². The van der Waals surface area contributed by atoms with Crippen molar-refractivity contribution in [2.75, 3.05) is 19.6 Å². The first-order valence-electron chi connectivity index (χ1n) is 7.36. The highest BCUT2D eigenvalue weighted by atomic mass is 16.3. The third-order valence-corrected chi connectivity index (χ3v) is 4.90. The Balaban J connectivity index is 1.65. The van der Waals surface area contributed by atoms with Gasteiger partial charge in [-0.1, -0.05) is 54.6 Å². The van der Waals surface area contributed by atoms with E-state index in [0.29, 0.717) is 5.92 Å². The van der Waals surface area contributed by atoms with Gasteiger partial charge in [0.2, 0.25) is 0 Å². The van der Waals surface area contributed by atoms with Crippen LogP contribution < -0.4 is 0 Å². The quantitative estimate of drug-likeness (QED) is 0.902. The number of nitrogens with zero attached hydrogens (tertiary/aromatic N) is 1. The average molecular weight is 265 g/mol. The molecule has 2 fully saturated rings. The van der Waals surface area contributed by atoms with E-state index in [0.717, 1.165) is 31.6 Å². The molecule has 2 bridgehead atoms. The molecular formula is C18H19NO. The molecule has 1 N–H and O–H groups in total. The maximum atomic E-state index is 11.0. The SMILES string of the molecule is OC1(c2ccc(-c3ccccc3)cc2)CN2CCC1C2. The number of piperidine rings is 1. The summed E-state index contributed by atoms with van der Waals surface area (Å²) >= 11 is 0. The molecule has 0 amide bonds. The van der Waals surface area contributed by atoms with Crippen molar-refractivity contribution in [1.82, 2.24) is 4.90 Å². The van der Waals surface area contributed by atoms with Crippen molar-refractivity contribution in [3.8, 4) is 11.1 Å².